The van der Waals surface area contributed by atoms with Crippen LogP contribution in [0.1, 0.15) is 28.7 Å². The molecule has 6 heteroatoms. The van der Waals surface area contributed by atoms with Crippen molar-refractivity contribution in [1.29, 1.82) is 0 Å². The van der Waals surface area contributed by atoms with Gasteiger partial charge in [-0.2, -0.15) is 0 Å². The van der Waals surface area contributed by atoms with Crippen molar-refractivity contribution < 1.29 is 9.18 Å². The molecule has 0 bridgehead atoms. The number of carbonyl (C=O) groups is 1. The molecular weight excluding hydrogens is 329 g/mol. The second kappa shape index (κ2) is 7.36. The first kappa shape index (κ1) is 18.5. The molecule has 1 aliphatic heterocycles. The molecule has 2 heterocycles. The summed E-state index contributed by atoms with van der Waals surface area (Å²) in [6.07, 6.45) is 0. The van der Waals surface area contributed by atoms with Crippen molar-refractivity contribution in [2.45, 2.75) is 26.8 Å². The molecule has 0 radical (unpaired) electrons. The summed E-state index contributed by atoms with van der Waals surface area (Å²) in [6.45, 7) is 8.34. The third-order valence-electron chi connectivity index (χ3n) is 4.51. The average Bonchev–Trinajstić information content (AvgIpc) is 2.83. The van der Waals surface area contributed by atoms with E-state index in [2.05, 4.69) is 12.2 Å². The third-order valence-corrected chi connectivity index (χ3v) is 4.51. The van der Waals surface area contributed by atoms with Crippen molar-refractivity contribution in [2.75, 3.05) is 19.6 Å². The van der Waals surface area contributed by atoms with E-state index in [0.717, 1.165) is 42.3 Å². The minimum atomic E-state index is -0.262. The molecule has 0 saturated carbocycles. The molecule has 1 aromatic carbocycles. The standard InChI is InChI=1S/C18H22FN3O.ClH/c1-12-10-17(18(23)21-9-8-20-11-13(21)2)14(3)22(12)16-6-4-15(19)5-7-16;/h4-7,10,13,20H,8-9,11H2,1-3H3;1H. The Morgan fingerprint density at radius 3 is 2.54 bits per heavy atom. The van der Waals surface area contributed by atoms with Gasteiger partial charge in [0.2, 0.25) is 0 Å². The zero-order valence-corrected chi connectivity index (χ0v) is 15.0. The van der Waals surface area contributed by atoms with Crippen LogP contribution in [0.3, 0.4) is 0 Å². The van der Waals surface area contributed by atoms with Crippen molar-refractivity contribution in [3.8, 4) is 5.69 Å². The van der Waals surface area contributed by atoms with Gasteiger partial charge in [-0.1, -0.05) is 0 Å². The number of carbonyl (C=O) groups excluding carboxylic acids is 1. The molecule has 24 heavy (non-hydrogen) atoms. The number of amides is 1. The number of aromatic nitrogens is 1. The maximum absolute atomic E-state index is 13.1. The van der Waals surface area contributed by atoms with Gasteiger partial charge < -0.3 is 14.8 Å². The Bertz CT molecular complexity index is 727. The summed E-state index contributed by atoms with van der Waals surface area (Å²) in [5.41, 5.74) is 3.46. The predicted octanol–water partition coefficient (Wildman–Crippen LogP) is 3.09. The van der Waals surface area contributed by atoms with E-state index >= 15 is 0 Å². The molecule has 1 saturated heterocycles. The molecule has 1 aromatic heterocycles. The highest BCUT2D eigenvalue weighted by Gasteiger charge is 2.27. The van der Waals surface area contributed by atoms with Crippen molar-refractivity contribution in [2.24, 2.45) is 0 Å². The first-order valence-electron chi connectivity index (χ1n) is 7.95. The summed E-state index contributed by atoms with van der Waals surface area (Å²) in [4.78, 5) is 14.8. The van der Waals surface area contributed by atoms with Gasteiger partial charge in [0, 0.05) is 42.8 Å². The smallest absolute Gasteiger partial charge is 0.256 e. The lowest BCUT2D eigenvalue weighted by Crippen LogP contribution is -2.52. The van der Waals surface area contributed by atoms with Gasteiger partial charge >= 0.3 is 0 Å². The highest BCUT2D eigenvalue weighted by atomic mass is 35.5. The van der Waals surface area contributed by atoms with Crippen LogP contribution in [-0.2, 0) is 0 Å². The van der Waals surface area contributed by atoms with Crippen molar-refractivity contribution >= 4 is 18.3 Å². The molecule has 130 valence electrons. The molecule has 0 aliphatic carbocycles. The van der Waals surface area contributed by atoms with Crippen LogP contribution in [0.15, 0.2) is 30.3 Å². The Hall–Kier alpha value is -1.85. The molecule has 3 rings (SSSR count). The molecule has 1 fully saturated rings. The van der Waals surface area contributed by atoms with E-state index < -0.39 is 0 Å². The van der Waals surface area contributed by atoms with E-state index in [4.69, 9.17) is 0 Å². The fraction of sp³-hybridized carbons (Fsp3) is 0.389. The number of piperazine rings is 1. The van der Waals surface area contributed by atoms with E-state index in [1.54, 1.807) is 12.1 Å². The zero-order valence-electron chi connectivity index (χ0n) is 14.2. The van der Waals surface area contributed by atoms with Gasteiger partial charge in [-0.05, 0) is 51.1 Å². The second-order valence-corrected chi connectivity index (χ2v) is 6.15. The van der Waals surface area contributed by atoms with E-state index in [0.29, 0.717) is 0 Å². The van der Waals surface area contributed by atoms with Crippen LogP contribution in [0.5, 0.6) is 0 Å². The third kappa shape index (κ3) is 3.32. The lowest BCUT2D eigenvalue weighted by Gasteiger charge is -2.34. The average molecular weight is 352 g/mol. The highest BCUT2D eigenvalue weighted by Crippen LogP contribution is 2.23. The number of aryl methyl sites for hydroxylation is 1. The Morgan fingerprint density at radius 2 is 1.92 bits per heavy atom. The Balaban J connectivity index is 0.00000208. The lowest BCUT2D eigenvalue weighted by atomic mass is 10.1. The number of rotatable bonds is 2. The van der Waals surface area contributed by atoms with Gasteiger partial charge in [0.15, 0.2) is 0 Å². The maximum Gasteiger partial charge on any atom is 0.256 e. The van der Waals surface area contributed by atoms with Crippen LogP contribution in [0, 0.1) is 19.7 Å². The van der Waals surface area contributed by atoms with Gasteiger partial charge in [0.1, 0.15) is 5.82 Å². The van der Waals surface area contributed by atoms with Gasteiger partial charge in [-0.25, -0.2) is 4.39 Å². The molecule has 1 unspecified atom stereocenters. The van der Waals surface area contributed by atoms with Crippen LogP contribution < -0.4 is 5.32 Å². The van der Waals surface area contributed by atoms with Gasteiger partial charge in [-0.15, -0.1) is 12.4 Å². The van der Waals surface area contributed by atoms with Gasteiger partial charge in [-0.3, -0.25) is 4.79 Å². The molecule has 0 spiro atoms. The number of benzene rings is 1. The predicted molar refractivity (Wildman–Crippen MR) is 95.8 cm³/mol. The first-order chi connectivity index (χ1) is 11.0. The van der Waals surface area contributed by atoms with E-state index in [1.807, 2.05) is 29.4 Å². The normalized spacial score (nSPS) is 17.5. The second-order valence-electron chi connectivity index (χ2n) is 6.15. The van der Waals surface area contributed by atoms with Crippen molar-refractivity contribution in [1.82, 2.24) is 14.8 Å². The number of hydrogen-bond acceptors (Lipinski definition) is 2. The quantitative estimate of drug-likeness (QED) is 0.902. The van der Waals surface area contributed by atoms with Crippen molar-refractivity contribution in [3.05, 3.63) is 53.1 Å². The zero-order chi connectivity index (χ0) is 16.6. The summed E-state index contributed by atoms with van der Waals surface area (Å²) < 4.78 is 15.1. The molecule has 1 amide bonds. The largest absolute Gasteiger partial charge is 0.333 e. The van der Waals surface area contributed by atoms with Crippen LogP contribution in [-0.4, -0.2) is 41.1 Å². The number of nitrogens with zero attached hydrogens (tertiary/aromatic N) is 2. The summed E-state index contributed by atoms with van der Waals surface area (Å²) in [7, 11) is 0. The molecule has 1 aliphatic rings. The highest BCUT2D eigenvalue weighted by molar-refractivity contribution is 5.96. The van der Waals surface area contributed by atoms with E-state index in [9.17, 15) is 9.18 Å². The summed E-state index contributed by atoms with van der Waals surface area (Å²) >= 11 is 0. The van der Waals surface area contributed by atoms with E-state index in [-0.39, 0.29) is 30.2 Å². The number of halogens is 2. The number of hydrogen-bond donors (Lipinski definition) is 1. The van der Waals surface area contributed by atoms with Crippen LogP contribution in [0.4, 0.5) is 4.39 Å². The van der Waals surface area contributed by atoms with Crippen molar-refractivity contribution in [3.63, 3.8) is 0 Å². The fourth-order valence-electron chi connectivity index (χ4n) is 3.26. The Labute approximate surface area is 148 Å². The van der Waals surface area contributed by atoms with Gasteiger partial charge in [0.25, 0.3) is 5.91 Å². The minimum Gasteiger partial charge on any atom is -0.333 e. The number of nitrogens with one attached hydrogen (secondary N) is 1. The summed E-state index contributed by atoms with van der Waals surface area (Å²) in [5.74, 6) is -0.192. The molecule has 1 N–H and O–H groups in total. The Kier molecular flexibility index (Phi) is 5.67. The maximum atomic E-state index is 13.1. The SMILES string of the molecule is Cc1cc(C(=O)N2CCNCC2C)c(C)n1-c1ccc(F)cc1.Cl. The first-order valence-corrected chi connectivity index (χ1v) is 7.95. The minimum absolute atomic E-state index is 0. The molecule has 4 nitrogen and oxygen atoms in total. The molecule has 1 atom stereocenters. The van der Waals surface area contributed by atoms with Gasteiger partial charge in [0.05, 0.1) is 5.56 Å². The Morgan fingerprint density at radius 1 is 1.25 bits per heavy atom. The van der Waals surface area contributed by atoms with Crippen LogP contribution in [0.2, 0.25) is 0 Å². The van der Waals surface area contributed by atoms with E-state index in [1.165, 1.54) is 12.1 Å². The van der Waals surface area contributed by atoms with Crippen LogP contribution in [0.25, 0.3) is 5.69 Å². The summed E-state index contributed by atoms with van der Waals surface area (Å²) in [5, 5.41) is 3.30. The molecule has 2 aromatic rings. The fourth-order valence-corrected chi connectivity index (χ4v) is 3.26. The monoisotopic (exact) mass is 351 g/mol. The lowest BCUT2D eigenvalue weighted by molar-refractivity contribution is 0.0655. The topological polar surface area (TPSA) is 37.3 Å². The van der Waals surface area contributed by atoms with Crippen LogP contribution >= 0.6 is 12.4 Å². The summed E-state index contributed by atoms with van der Waals surface area (Å²) in [6, 6.07) is 8.46. The molecular formula is C18H23ClFN3O.